The molecule has 1 atom stereocenters. The van der Waals surface area contributed by atoms with E-state index >= 15 is 0 Å². The van der Waals surface area contributed by atoms with Gasteiger partial charge in [0.15, 0.2) is 5.17 Å². The van der Waals surface area contributed by atoms with Gasteiger partial charge in [0.25, 0.3) is 0 Å². The van der Waals surface area contributed by atoms with Gasteiger partial charge >= 0.3 is 0 Å². The third kappa shape index (κ3) is 2.75. The maximum atomic E-state index is 4.47. The number of aliphatic imine (C=N–C) groups is 1. The Balaban J connectivity index is 2.02. The van der Waals surface area contributed by atoms with Gasteiger partial charge in [0.05, 0.1) is 12.2 Å². The number of nitrogens with zero attached hydrogens (tertiary/aromatic N) is 1. The van der Waals surface area contributed by atoms with Crippen LogP contribution in [-0.2, 0) is 0 Å². The van der Waals surface area contributed by atoms with E-state index in [-0.39, 0.29) is 0 Å². The average Bonchev–Trinajstić information content (AvgIpc) is 2.69. The molecule has 1 unspecified atom stereocenters. The molecule has 1 aliphatic heterocycles. The Bertz CT molecular complexity index is 379. The predicted molar refractivity (Wildman–Crippen MR) is 71.7 cm³/mol. The van der Waals surface area contributed by atoms with Crippen LogP contribution in [0.3, 0.4) is 0 Å². The molecule has 0 saturated heterocycles. The van der Waals surface area contributed by atoms with Crippen LogP contribution in [0.1, 0.15) is 13.3 Å². The molecule has 1 heterocycles. The lowest BCUT2D eigenvalue weighted by molar-refractivity contribution is 0.843. The molecule has 0 fully saturated rings. The summed E-state index contributed by atoms with van der Waals surface area (Å²) in [5.74, 6) is 0. The molecular formula is C11H13BrN2S. The van der Waals surface area contributed by atoms with Crippen LogP contribution < -0.4 is 5.32 Å². The molecule has 0 aliphatic carbocycles. The summed E-state index contributed by atoms with van der Waals surface area (Å²) in [5.41, 5.74) is 1.08. The molecule has 4 heteroatoms. The molecule has 0 amide bonds. The Kier molecular flexibility index (Phi) is 3.70. The highest BCUT2D eigenvalue weighted by molar-refractivity contribution is 9.10. The van der Waals surface area contributed by atoms with Crippen LogP contribution in [0.15, 0.2) is 33.7 Å². The molecule has 1 aromatic carbocycles. The summed E-state index contributed by atoms with van der Waals surface area (Å²) in [4.78, 5) is 4.47. The third-order valence-electron chi connectivity index (χ3n) is 2.29. The lowest BCUT2D eigenvalue weighted by Gasteiger charge is -2.08. The molecule has 2 rings (SSSR count). The van der Waals surface area contributed by atoms with Gasteiger partial charge < -0.3 is 5.32 Å². The fourth-order valence-corrected chi connectivity index (χ4v) is 2.71. The summed E-state index contributed by atoms with van der Waals surface area (Å²) in [7, 11) is 0. The second kappa shape index (κ2) is 5.03. The zero-order valence-electron chi connectivity index (χ0n) is 8.53. The Morgan fingerprint density at radius 2 is 2.33 bits per heavy atom. The van der Waals surface area contributed by atoms with Crippen LogP contribution in [0, 0.1) is 0 Å². The number of hydrogen-bond donors (Lipinski definition) is 1. The maximum absolute atomic E-state index is 4.47. The van der Waals surface area contributed by atoms with Crippen LogP contribution in [0.4, 0.5) is 5.69 Å². The highest BCUT2D eigenvalue weighted by atomic mass is 79.9. The number of hydrogen-bond acceptors (Lipinski definition) is 3. The number of thioether (sulfide) groups is 1. The van der Waals surface area contributed by atoms with Gasteiger partial charge in [-0.25, -0.2) is 0 Å². The van der Waals surface area contributed by atoms with Crippen LogP contribution >= 0.6 is 27.7 Å². The van der Waals surface area contributed by atoms with Crippen molar-refractivity contribution in [3.63, 3.8) is 0 Å². The van der Waals surface area contributed by atoms with Gasteiger partial charge in [-0.2, -0.15) is 0 Å². The minimum Gasteiger partial charge on any atom is -0.334 e. The highest BCUT2D eigenvalue weighted by Gasteiger charge is 2.17. The van der Waals surface area contributed by atoms with E-state index in [4.69, 9.17) is 0 Å². The first-order valence-electron chi connectivity index (χ1n) is 5.02. The highest BCUT2D eigenvalue weighted by Crippen LogP contribution is 2.27. The van der Waals surface area contributed by atoms with Gasteiger partial charge in [-0.1, -0.05) is 30.8 Å². The Hall–Kier alpha value is -0.480. The molecule has 1 aliphatic rings. The largest absolute Gasteiger partial charge is 0.334 e. The quantitative estimate of drug-likeness (QED) is 0.895. The number of anilines is 1. The fourth-order valence-electron chi connectivity index (χ4n) is 1.38. The summed E-state index contributed by atoms with van der Waals surface area (Å²) in [6.07, 6.45) is 1.18. The summed E-state index contributed by atoms with van der Waals surface area (Å²) in [6.45, 7) is 3.14. The SMILES string of the molecule is CCC1CN=C(Nc2ccccc2Br)S1. The van der Waals surface area contributed by atoms with Crippen molar-refractivity contribution in [3.8, 4) is 0 Å². The monoisotopic (exact) mass is 284 g/mol. The van der Waals surface area contributed by atoms with E-state index in [9.17, 15) is 0 Å². The molecule has 1 N–H and O–H groups in total. The number of nitrogens with one attached hydrogen (secondary N) is 1. The van der Waals surface area contributed by atoms with Crippen molar-refractivity contribution in [3.05, 3.63) is 28.7 Å². The normalized spacial score (nSPS) is 20.1. The number of rotatable bonds is 2. The van der Waals surface area contributed by atoms with Gasteiger partial charge in [0.1, 0.15) is 0 Å². The summed E-state index contributed by atoms with van der Waals surface area (Å²) in [6, 6.07) is 8.10. The van der Waals surface area contributed by atoms with E-state index in [1.165, 1.54) is 6.42 Å². The second-order valence-corrected chi connectivity index (χ2v) is 5.54. The van der Waals surface area contributed by atoms with Crippen molar-refractivity contribution in [2.75, 3.05) is 11.9 Å². The zero-order valence-corrected chi connectivity index (χ0v) is 10.9. The van der Waals surface area contributed by atoms with E-state index in [1.54, 1.807) is 0 Å². The topological polar surface area (TPSA) is 24.4 Å². The van der Waals surface area contributed by atoms with Gasteiger partial charge in [0, 0.05) is 9.72 Å². The van der Waals surface area contributed by atoms with E-state index in [1.807, 2.05) is 36.0 Å². The summed E-state index contributed by atoms with van der Waals surface area (Å²) >= 11 is 5.34. The lowest BCUT2D eigenvalue weighted by Crippen LogP contribution is -2.07. The third-order valence-corrected chi connectivity index (χ3v) is 4.25. The summed E-state index contributed by atoms with van der Waals surface area (Å²) in [5, 5.41) is 5.02. The first kappa shape index (κ1) is 11.0. The van der Waals surface area contributed by atoms with E-state index in [0.717, 1.165) is 21.9 Å². The maximum Gasteiger partial charge on any atom is 0.161 e. The smallest absolute Gasteiger partial charge is 0.161 e. The van der Waals surface area contributed by atoms with Crippen molar-refractivity contribution in [1.29, 1.82) is 0 Å². The van der Waals surface area contributed by atoms with Crippen molar-refractivity contribution in [2.24, 2.45) is 4.99 Å². The number of amidine groups is 1. The number of halogens is 1. The van der Waals surface area contributed by atoms with Gasteiger partial charge in [-0.05, 0) is 34.5 Å². The van der Waals surface area contributed by atoms with Crippen molar-refractivity contribution < 1.29 is 0 Å². The average molecular weight is 285 g/mol. The van der Waals surface area contributed by atoms with E-state index < -0.39 is 0 Å². The minimum atomic E-state index is 0.648. The van der Waals surface area contributed by atoms with Crippen molar-refractivity contribution >= 4 is 38.5 Å². The molecule has 0 spiro atoms. The Morgan fingerprint density at radius 1 is 1.53 bits per heavy atom. The molecule has 2 nitrogen and oxygen atoms in total. The van der Waals surface area contributed by atoms with Crippen LogP contribution in [0.25, 0.3) is 0 Å². The summed E-state index contributed by atoms with van der Waals surface area (Å²) < 4.78 is 1.08. The number of para-hydroxylation sites is 1. The lowest BCUT2D eigenvalue weighted by atomic mass is 10.3. The molecule has 15 heavy (non-hydrogen) atoms. The zero-order chi connectivity index (χ0) is 10.7. The van der Waals surface area contributed by atoms with E-state index in [2.05, 4.69) is 33.2 Å². The van der Waals surface area contributed by atoms with Crippen LogP contribution in [0.5, 0.6) is 0 Å². The van der Waals surface area contributed by atoms with Crippen LogP contribution in [-0.4, -0.2) is 17.0 Å². The Labute approximate surface area is 103 Å². The predicted octanol–water partition coefficient (Wildman–Crippen LogP) is 3.74. The van der Waals surface area contributed by atoms with Gasteiger partial charge in [-0.15, -0.1) is 0 Å². The van der Waals surface area contributed by atoms with Crippen LogP contribution in [0.2, 0.25) is 0 Å². The molecule has 0 radical (unpaired) electrons. The molecule has 0 saturated carbocycles. The van der Waals surface area contributed by atoms with Gasteiger partial charge in [-0.3, -0.25) is 4.99 Å². The standard InChI is InChI=1S/C11H13BrN2S/c1-2-8-7-13-11(15-8)14-10-6-4-3-5-9(10)12/h3-6,8H,2,7H2,1H3,(H,13,14). The first-order valence-corrected chi connectivity index (χ1v) is 6.69. The van der Waals surface area contributed by atoms with Crippen molar-refractivity contribution in [2.45, 2.75) is 18.6 Å². The second-order valence-electron chi connectivity index (χ2n) is 3.40. The van der Waals surface area contributed by atoms with Crippen molar-refractivity contribution in [1.82, 2.24) is 0 Å². The molecule has 80 valence electrons. The Morgan fingerprint density at radius 3 is 3.00 bits per heavy atom. The molecule has 0 aromatic heterocycles. The minimum absolute atomic E-state index is 0.648. The molecular weight excluding hydrogens is 272 g/mol. The van der Waals surface area contributed by atoms with Gasteiger partial charge in [0.2, 0.25) is 0 Å². The first-order chi connectivity index (χ1) is 7.29. The van der Waals surface area contributed by atoms with E-state index in [0.29, 0.717) is 5.25 Å². The number of benzene rings is 1. The molecule has 1 aromatic rings. The molecule has 0 bridgehead atoms. The fraction of sp³-hybridized carbons (Fsp3) is 0.364.